The first-order chi connectivity index (χ1) is 13.7. The van der Waals surface area contributed by atoms with E-state index >= 15 is 0 Å². The van der Waals surface area contributed by atoms with Crippen LogP contribution in [0.3, 0.4) is 0 Å². The second kappa shape index (κ2) is 7.15. The summed E-state index contributed by atoms with van der Waals surface area (Å²) in [6.45, 7) is 5.04. The van der Waals surface area contributed by atoms with E-state index in [1.165, 1.54) is 13.8 Å². The number of terminal acetylenes is 1. The first-order valence-electron chi connectivity index (χ1n) is 11.1. The maximum Gasteiger partial charge on any atom is 0.304 e. The predicted molar refractivity (Wildman–Crippen MR) is 106 cm³/mol. The van der Waals surface area contributed by atoms with Gasteiger partial charge in [0.2, 0.25) is 0 Å². The normalized spacial score (nSPS) is 45.9. The summed E-state index contributed by atoms with van der Waals surface area (Å²) >= 11 is 0. The summed E-state index contributed by atoms with van der Waals surface area (Å²) in [5, 5.41) is 0. The summed E-state index contributed by atoms with van der Waals surface area (Å²) in [4.78, 5) is 36.1. The molecule has 8 atom stereocenters. The molecule has 0 aromatic heterocycles. The van der Waals surface area contributed by atoms with Gasteiger partial charge < -0.3 is 9.47 Å². The van der Waals surface area contributed by atoms with Gasteiger partial charge in [-0.3, -0.25) is 14.4 Å². The van der Waals surface area contributed by atoms with E-state index in [4.69, 9.17) is 15.9 Å². The zero-order valence-electron chi connectivity index (χ0n) is 17.7. The molecule has 158 valence electrons. The topological polar surface area (TPSA) is 69.7 Å². The highest BCUT2D eigenvalue weighted by molar-refractivity contribution is 5.88. The van der Waals surface area contributed by atoms with Crippen molar-refractivity contribution in [1.82, 2.24) is 0 Å². The molecule has 29 heavy (non-hydrogen) atoms. The number of carbonyl (C=O) groups is 3. The number of ether oxygens (including phenoxy) is 2. The van der Waals surface area contributed by atoms with E-state index in [-0.39, 0.29) is 29.1 Å². The zero-order chi connectivity index (χ0) is 21.0. The Morgan fingerprint density at radius 3 is 2.34 bits per heavy atom. The fraction of sp³-hybridized carbons (Fsp3) is 0.792. The third-order valence-electron chi connectivity index (χ3n) is 8.79. The van der Waals surface area contributed by atoms with Crippen molar-refractivity contribution < 1.29 is 23.9 Å². The molecule has 0 spiro atoms. The van der Waals surface area contributed by atoms with Crippen LogP contribution >= 0.6 is 0 Å². The largest absolute Gasteiger partial charge is 0.455 e. The Hall–Kier alpha value is -1.83. The van der Waals surface area contributed by atoms with Crippen LogP contribution in [-0.2, 0) is 23.9 Å². The van der Waals surface area contributed by atoms with Crippen LogP contribution in [0.1, 0.15) is 72.1 Å². The molecule has 4 fully saturated rings. The molecule has 4 aliphatic carbocycles. The van der Waals surface area contributed by atoms with Crippen molar-refractivity contribution in [3.05, 3.63) is 0 Å². The van der Waals surface area contributed by atoms with Crippen LogP contribution in [0.2, 0.25) is 0 Å². The Kier molecular flexibility index (Phi) is 5.04. The third kappa shape index (κ3) is 3.02. The van der Waals surface area contributed by atoms with Crippen LogP contribution in [-0.4, -0.2) is 29.4 Å². The van der Waals surface area contributed by atoms with Gasteiger partial charge in [-0.2, -0.15) is 0 Å². The van der Waals surface area contributed by atoms with Gasteiger partial charge in [0.1, 0.15) is 0 Å². The van der Waals surface area contributed by atoms with Crippen LogP contribution in [0.4, 0.5) is 0 Å². The third-order valence-corrected chi connectivity index (χ3v) is 8.79. The number of ketones is 1. The number of fused-ring (bicyclic) bond motifs is 5. The Morgan fingerprint density at radius 1 is 0.966 bits per heavy atom. The Morgan fingerprint density at radius 2 is 1.69 bits per heavy atom. The predicted octanol–water partition coefficient (Wildman–Crippen LogP) is 3.68. The maximum absolute atomic E-state index is 13.0. The average Bonchev–Trinajstić information content (AvgIpc) is 2.95. The zero-order valence-corrected chi connectivity index (χ0v) is 17.7. The molecule has 0 N–H and O–H groups in total. The molecule has 0 amide bonds. The lowest BCUT2D eigenvalue weighted by molar-refractivity contribution is -0.173. The fourth-order valence-electron chi connectivity index (χ4n) is 7.64. The Balaban J connectivity index is 1.55. The number of esters is 2. The summed E-state index contributed by atoms with van der Waals surface area (Å²) < 4.78 is 11.1. The summed E-state index contributed by atoms with van der Waals surface area (Å²) in [6.07, 6.45) is 12.5. The average molecular weight is 401 g/mol. The minimum Gasteiger partial charge on any atom is -0.455 e. The minimum atomic E-state index is -0.797. The van der Waals surface area contributed by atoms with Gasteiger partial charge in [0.25, 0.3) is 0 Å². The van der Waals surface area contributed by atoms with Gasteiger partial charge in [0, 0.05) is 25.2 Å². The van der Waals surface area contributed by atoms with E-state index in [0.717, 1.165) is 44.9 Å². The van der Waals surface area contributed by atoms with Crippen molar-refractivity contribution in [1.29, 1.82) is 0 Å². The molecule has 4 saturated carbocycles. The molecule has 4 aliphatic rings. The number of Topliss-reactive ketones (excluding diaryl/α,β-unsaturated/α-hetero) is 1. The van der Waals surface area contributed by atoms with Gasteiger partial charge in [0.15, 0.2) is 17.5 Å². The first-order valence-corrected chi connectivity index (χ1v) is 11.1. The van der Waals surface area contributed by atoms with Gasteiger partial charge in [0.05, 0.1) is 0 Å². The van der Waals surface area contributed by atoms with Crippen LogP contribution in [0.25, 0.3) is 0 Å². The highest BCUT2D eigenvalue weighted by Crippen LogP contribution is 2.65. The summed E-state index contributed by atoms with van der Waals surface area (Å²) in [6, 6.07) is 0. The van der Waals surface area contributed by atoms with E-state index < -0.39 is 11.7 Å². The van der Waals surface area contributed by atoms with Gasteiger partial charge in [-0.05, 0) is 75.0 Å². The van der Waals surface area contributed by atoms with Gasteiger partial charge in [-0.15, -0.1) is 6.42 Å². The van der Waals surface area contributed by atoms with Crippen molar-refractivity contribution in [2.24, 2.45) is 35.0 Å². The number of rotatable bonds is 2. The molecule has 0 aliphatic heterocycles. The Bertz CT molecular complexity index is 766. The lowest BCUT2D eigenvalue weighted by Crippen LogP contribution is -2.56. The molecule has 0 aromatic carbocycles. The molecule has 0 aromatic rings. The second-order valence-corrected chi connectivity index (χ2v) is 9.92. The minimum absolute atomic E-state index is 0.0194. The molecule has 0 heterocycles. The van der Waals surface area contributed by atoms with E-state index in [1.54, 1.807) is 0 Å². The quantitative estimate of drug-likeness (QED) is 0.522. The Labute approximate surface area is 173 Å². The van der Waals surface area contributed by atoms with Crippen LogP contribution in [0.15, 0.2) is 0 Å². The molecule has 0 saturated heterocycles. The first kappa shape index (κ1) is 20.4. The van der Waals surface area contributed by atoms with Crippen LogP contribution in [0, 0.1) is 47.3 Å². The molecule has 5 nitrogen and oxygen atoms in total. The SMILES string of the molecule is C#C[C@]1(OC(C)=O)CC[C@H]2[C@@H]3CCC4C(=O)[C@@H](OC(C)=O)CC[C@@H]4[C@H]3CC[C@@]21C. The van der Waals surface area contributed by atoms with Crippen molar-refractivity contribution in [3.8, 4) is 12.3 Å². The smallest absolute Gasteiger partial charge is 0.304 e. The van der Waals surface area contributed by atoms with E-state index in [1.807, 2.05) is 0 Å². The van der Waals surface area contributed by atoms with E-state index in [2.05, 4.69) is 12.8 Å². The summed E-state index contributed by atoms with van der Waals surface area (Å²) in [5.41, 5.74) is -0.992. The standard InChI is InChI=1S/C24H32O5/c1-5-24(29-15(3)26)13-11-20-18-6-7-19-16(17(18)10-12-23(20,24)4)8-9-21(22(19)27)28-14(2)25/h1,16-21H,6-13H2,2-4H3/t16-,17-,18-,19?,20+,21+,23+,24+/m1/s1. The monoisotopic (exact) mass is 400 g/mol. The van der Waals surface area contributed by atoms with Gasteiger partial charge >= 0.3 is 11.9 Å². The van der Waals surface area contributed by atoms with E-state index in [0.29, 0.717) is 30.1 Å². The number of carbonyl (C=O) groups excluding carboxylic acids is 3. The molecule has 4 rings (SSSR count). The maximum atomic E-state index is 13.0. The molecular weight excluding hydrogens is 368 g/mol. The summed E-state index contributed by atoms with van der Waals surface area (Å²) in [7, 11) is 0. The van der Waals surface area contributed by atoms with Crippen molar-refractivity contribution in [2.45, 2.75) is 83.8 Å². The van der Waals surface area contributed by atoms with Crippen molar-refractivity contribution in [3.63, 3.8) is 0 Å². The van der Waals surface area contributed by atoms with E-state index in [9.17, 15) is 14.4 Å². The molecule has 0 bridgehead atoms. The van der Waals surface area contributed by atoms with Crippen molar-refractivity contribution in [2.75, 3.05) is 0 Å². The molecular formula is C24H32O5. The number of hydrogen-bond donors (Lipinski definition) is 0. The summed E-state index contributed by atoms with van der Waals surface area (Å²) in [5.74, 6) is 4.22. The van der Waals surface area contributed by atoms with Gasteiger partial charge in [-0.1, -0.05) is 12.8 Å². The highest BCUT2D eigenvalue weighted by atomic mass is 16.6. The molecule has 5 heteroatoms. The number of hydrogen-bond acceptors (Lipinski definition) is 5. The lowest BCUT2D eigenvalue weighted by Gasteiger charge is -2.56. The fourth-order valence-corrected chi connectivity index (χ4v) is 7.64. The second-order valence-electron chi connectivity index (χ2n) is 9.92. The lowest BCUT2D eigenvalue weighted by atomic mass is 9.49. The highest BCUT2D eigenvalue weighted by Gasteiger charge is 2.65. The molecule has 1 unspecified atom stereocenters. The van der Waals surface area contributed by atoms with Gasteiger partial charge in [-0.25, -0.2) is 0 Å². The van der Waals surface area contributed by atoms with Crippen LogP contribution in [0.5, 0.6) is 0 Å². The molecule has 0 radical (unpaired) electrons. The van der Waals surface area contributed by atoms with Crippen LogP contribution < -0.4 is 0 Å². The van der Waals surface area contributed by atoms with Crippen molar-refractivity contribution >= 4 is 17.7 Å².